The van der Waals surface area contributed by atoms with E-state index >= 15 is 0 Å². The molecule has 17 heavy (non-hydrogen) atoms. The first-order valence-electron chi connectivity index (χ1n) is 5.40. The van der Waals surface area contributed by atoms with Gasteiger partial charge in [0.2, 0.25) is 0 Å². The average molecular weight is 233 g/mol. The van der Waals surface area contributed by atoms with Crippen LogP contribution < -0.4 is 5.32 Å². The Balaban J connectivity index is 2.05. The van der Waals surface area contributed by atoms with E-state index in [-0.39, 0.29) is 5.91 Å². The molecule has 0 bridgehead atoms. The predicted octanol–water partition coefficient (Wildman–Crippen LogP) is 1.56. The largest absolute Gasteiger partial charge is 0.459 e. The van der Waals surface area contributed by atoms with Gasteiger partial charge < -0.3 is 9.73 Å². The van der Waals surface area contributed by atoms with Crippen molar-refractivity contribution in [3.05, 3.63) is 41.1 Å². The number of nitrogens with zero attached hydrogens (tertiary/aromatic N) is 2. The first-order valence-corrected chi connectivity index (χ1v) is 5.40. The number of hydrogen-bond acceptors (Lipinski definition) is 3. The van der Waals surface area contributed by atoms with E-state index in [4.69, 9.17) is 4.42 Å². The maximum absolute atomic E-state index is 11.7. The molecule has 2 aromatic heterocycles. The van der Waals surface area contributed by atoms with Crippen molar-refractivity contribution in [2.45, 2.75) is 20.4 Å². The van der Waals surface area contributed by atoms with Gasteiger partial charge in [0.15, 0.2) is 5.76 Å². The van der Waals surface area contributed by atoms with Gasteiger partial charge in [-0.1, -0.05) is 0 Å². The van der Waals surface area contributed by atoms with Gasteiger partial charge in [-0.15, -0.1) is 0 Å². The molecule has 2 rings (SSSR count). The number of amides is 1. The molecule has 0 aliphatic carbocycles. The van der Waals surface area contributed by atoms with Crippen molar-refractivity contribution in [1.82, 2.24) is 15.1 Å². The highest BCUT2D eigenvalue weighted by Gasteiger charge is 2.12. The minimum absolute atomic E-state index is 0.211. The van der Waals surface area contributed by atoms with Crippen LogP contribution in [0.25, 0.3) is 0 Å². The number of furan rings is 1. The van der Waals surface area contributed by atoms with Crippen LogP contribution in [0.5, 0.6) is 0 Å². The van der Waals surface area contributed by atoms with E-state index in [1.807, 2.05) is 25.6 Å². The van der Waals surface area contributed by atoms with E-state index < -0.39 is 0 Å². The number of hydrogen-bond donors (Lipinski definition) is 1. The highest BCUT2D eigenvalue weighted by atomic mass is 16.3. The molecule has 0 aromatic carbocycles. The van der Waals surface area contributed by atoms with Crippen LogP contribution >= 0.6 is 0 Å². The van der Waals surface area contributed by atoms with Gasteiger partial charge in [-0.05, 0) is 26.0 Å². The van der Waals surface area contributed by atoms with Gasteiger partial charge in [0.05, 0.1) is 12.0 Å². The third kappa shape index (κ3) is 2.22. The maximum atomic E-state index is 11.7. The molecule has 5 nitrogen and oxygen atoms in total. The molecular formula is C12H15N3O2. The van der Waals surface area contributed by atoms with Crippen LogP contribution in [0.3, 0.4) is 0 Å². The summed E-state index contributed by atoms with van der Waals surface area (Å²) >= 11 is 0. The summed E-state index contributed by atoms with van der Waals surface area (Å²) < 4.78 is 6.83. The van der Waals surface area contributed by atoms with E-state index in [2.05, 4.69) is 10.4 Å². The van der Waals surface area contributed by atoms with Crippen molar-refractivity contribution in [3.63, 3.8) is 0 Å². The summed E-state index contributed by atoms with van der Waals surface area (Å²) in [5.41, 5.74) is 3.04. The normalized spacial score (nSPS) is 10.5. The minimum atomic E-state index is -0.211. The van der Waals surface area contributed by atoms with Crippen LogP contribution in [0.4, 0.5) is 0 Å². The zero-order valence-corrected chi connectivity index (χ0v) is 10.2. The molecule has 0 fully saturated rings. The summed E-state index contributed by atoms with van der Waals surface area (Å²) in [5, 5.41) is 7.10. The second kappa shape index (κ2) is 4.45. The molecule has 1 amide bonds. The number of carbonyl (C=O) groups excluding carboxylic acids is 1. The van der Waals surface area contributed by atoms with Gasteiger partial charge in [-0.2, -0.15) is 5.10 Å². The predicted molar refractivity (Wildman–Crippen MR) is 62.6 cm³/mol. The Hall–Kier alpha value is -2.04. The molecule has 0 aliphatic heterocycles. The maximum Gasteiger partial charge on any atom is 0.287 e. The van der Waals surface area contributed by atoms with Crippen molar-refractivity contribution in [1.29, 1.82) is 0 Å². The van der Waals surface area contributed by atoms with Gasteiger partial charge in [-0.3, -0.25) is 9.48 Å². The Morgan fingerprint density at radius 2 is 2.29 bits per heavy atom. The number of nitrogens with one attached hydrogen (secondary N) is 1. The van der Waals surface area contributed by atoms with Gasteiger partial charge in [0, 0.05) is 24.8 Å². The third-order valence-electron chi connectivity index (χ3n) is 2.83. The fourth-order valence-electron chi connectivity index (χ4n) is 1.74. The van der Waals surface area contributed by atoms with Crippen LogP contribution in [0.1, 0.15) is 27.5 Å². The summed E-state index contributed by atoms with van der Waals surface area (Å²) in [4.78, 5) is 11.7. The van der Waals surface area contributed by atoms with Crippen molar-refractivity contribution in [2.75, 3.05) is 0 Å². The third-order valence-corrected chi connectivity index (χ3v) is 2.83. The van der Waals surface area contributed by atoms with E-state index in [1.54, 1.807) is 12.1 Å². The summed E-state index contributed by atoms with van der Waals surface area (Å²) in [7, 11) is 1.89. The molecule has 0 unspecified atom stereocenters. The van der Waals surface area contributed by atoms with Crippen molar-refractivity contribution >= 4 is 5.91 Å². The first-order chi connectivity index (χ1) is 8.09. The Morgan fingerprint density at radius 3 is 2.82 bits per heavy atom. The molecule has 0 atom stereocenters. The van der Waals surface area contributed by atoms with Crippen LogP contribution in [0.2, 0.25) is 0 Å². The quantitative estimate of drug-likeness (QED) is 0.875. The molecule has 2 aromatic rings. The SMILES string of the molecule is Cc1nn(C)c(C)c1CNC(=O)c1ccco1. The Morgan fingerprint density at radius 1 is 1.53 bits per heavy atom. The zero-order valence-electron chi connectivity index (χ0n) is 10.2. The van der Waals surface area contributed by atoms with E-state index in [0.29, 0.717) is 12.3 Å². The van der Waals surface area contributed by atoms with E-state index in [1.165, 1.54) is 6.26 Å². The number of aromatic nitrogens is 2. The van der Waals surface area contributed by atoms with Crippen LogP contribution in [0.15, 0.2) is 22.8 Å². The first kappa shape index (κ1) is 11.4. The van der Waals surface area contributed by atoms with Gasteiger partial charge in [0.25, 0.3) is 5.91 Å². The lowest BCUT2D eigenvalue weighted by Crippen LogP contribution is -2.22. The molecule has 2 heterocycles. The lowest BCUT2D eigenvalue weighted by atomic mass is 10.2. The van der Waals surface area contributed by atoms with Crippen LogP contribution in [-0.2, 0) is 13.6 Å². The van der Waals surface area contributed by atoms with E-state index in [9.17, 15) is 4.79 Å². The molecule has 0 aliphatic rings. The molecule has 1 N–H and O–H groups in total. The topological polar surface area (TPSA) is 60.1 Å². The molecule has 0 radical (unpaired) electrons. The molecule has 0 saturated carbocycles. The molecule has 0 saturated heterocycles. The molecule has 0 spiro atoms. The second-order valence-corrected chi connectivity index (χ2v) is 3.93. The Bertz CT molecular complexity index is 526. The number of carbonyl (C=O) groups is 1. The summed E-state index contributed by atoms with van der Waals surface area (Å²) in [6, 6.07) is 3.33. The monoisotopic (exact) mass is 233 g/mol. The number of rotatable bonds is 3. The zero-order chi connectivity index (χ0) is 12.4. The second-order valence-electron chi connectivity index (χ2n) is 3.93. The number of aryl methyl sites for hydroxylation is 2. The van der Waals surface area contributed by atoms with E-state index in [0.717, 1.165) is 17.0 Å². The van der Waals surface area contributed by atoms with Crippen LogP contribution in [-0.4, -0.2) is 15.7 Å². The standard InChI is InChI=1S/C12H15N3O2/c1-8-10(9(2)15(3)14-8)7-13-12(16)11-5-4-6-17-11/h4-6H,7H2,1-3H3,(H,13,16). The highest BCUT2D eigenvalue weighted by Crippen LogP contribution is 2.11. The Labute approximate surface area is 99.4 Å². The summed E-state index contributed by atoms with van der Waals surface area (Å²) in [6.45, 7) is 4.38. The molecule has 5 heteroatoms. The minimum Gasteiger partial charge on any atom is -0.459 e. The van der Waals surface area contributed by atoms with Gasteiger partial charge in [-0.25, -0.2) is 0 Å². The summed E-state index contributed by atoms with van der Waals surface area (Å²) in [5.74, 6) is 0.113. The molecule has 90 valence electrons. The smallest absolute Gasteiger partial charge is 0.287 e. The van der Waals surface area contributed by atoms with Crippen LogP contribution in [0, 0.1) is 13.8 Å². The highest BCUT2D eigenvalue weighted by molar-refractivity contribution is 5.91. The van der Waals surface area contributed by atoms with Crippen molar-refractivity contribution in [2.24, 2.45) is 7.05 Å². The van der Waals surface area contributed by atoms with Crippen molar-refractivity contribution in [3.8, 4) is 0 Å². The van der Waals surface area contributed by atoms with Gasteiger partial charge >= 0.3 is 0 Å². The van der Waals surface area contributed by atoms with Gasteiger partial charge in [0.1, 0.15) is 0 Å². The fraction of sp³-hybridized carbons (Fsp3) is 0.333. The Kier molecular flexibility index (Phi) is 2.99. The summed E-state index contributed by atoms with van der Waals surface area (Å²) in [6.07, 6.45) is 1.48. The lowest BCUT2D eigenvalue weighted by molar-refractivity contribution is 0.0923. The molecular weight excluding hydrogens is 218 g/mol. The fourth-order valence-corrected chi connectivity index (χ4v) is 1.74. The average Bonchev–Trinajstić information content (AvgIpc) is 2.88. The van der Waals surface area contributed by atoms with Crippen molar-refractivity contribution < 1.29 is 9.21 Å². The lowest BCUT2D eigenvalue weighted by Gasteiger charge is -2.03.